The zero-order chi connectivity index (χ0) is 20.9. The summed E-state index contributed by atoms with van der Waals surface area (Å²) in [6.07, 6.45) is 1.08. The molecule has 0 unspecified atom stereocenters. The van der Waals surface area contributed by atoms with E-state index in [2.05, 4.69) is 6.07 Å². The van der Waals surface area contributed by atoms with E-state index >= 15 is 0 Å². The van der Waals surface area contributed by atoms with Crippen molar-refractivity contribution in [3.8, 4) is 5.75 Å². The fourth-order valence-electron chi connectivity index (χ4n) is 2.69. The molecule has 0 saturated heterocycles. The summed E-state index contributed by atoms with van der Waals surface area (Å²) in [5.74, 6) is 0.554. The molecule has 152 valence electrons. The molecule has 0 fully saturated rings. The maximum Gasteiger partial charge on any atom is 0.410 e. The van der Waals surface area contributed by atoms with Gasteiger partial charge in [0, 0.05) is 33.4 Å². The topological polar surface area (TPSA) is 59.1 Å². The van der Waals surface area contributed by atoms with Gasteiger partial charge in [0.05, 0.1) is 12.2 Å². The van der Waals surface area contributed by atoms with Crippen LogP contribution in [0.2, 0.25) is 0 Å². The van der Waals surface area contributed by atoms with E-state index in [9.17, 15) is 9.59 Å². The second kappa shape index (κ2) is 8.95. The number of nitrogens with zero attached hydrogens (tertiary/aromatic N) is 2. The predicted octanol–water partition coefficient (Wildman–Crippen LogP) is 4.35. The number of ether oxygens (including phenoxy) is 2. The highest BCUT2D eigenvalue weighted by Gasteiger charge is 2.19. The van der Waals surface area contributed by atoms with Crippen molar-refractivity contribution in [3.63, 3.8) is 0 Å². The third-order valence-electron chi connectivity index (χ3n) is 4.20. The summed E-state index contributed by atoms with van der Waals surface area (Å²) in [5, 5.41) is 2.00. The largest absolute Gasteiger partial charge is 0.493 e. The number of hydrogen-bond donors (Lipinski definition) is 0. The first kappa shape index (κ1) is 21.5. The van der Waals surface area contributed by atoms with Gasteiger partial charge in [-0.15, -0.1) is 0 Å². The standard InChI is InChI=1S/C22H30N2O4/c1-22(2,3)28-21(26)24(6)10-7-11-27-20-14-17-13-19(23(4)5)9-8-16(17)12-18(20)15-25/h8-9,12-15H,7,10-11H2,1-6H3. The van der Waals surface area contributed by atoms with E-state index in [0.29, 0.717) is 30.9 Å². The van der Waals surface area contributed by atoms with Crippen LogP contribution in [0.5, 0.6) is 5.75 Å². The maximum absolute atomic E-state index is 12.0. The molecule has 0 aliphatic heterocycles. The van der Waals surface area contributed by atoms with Crippen LogP contribution in [-0.4, -0.2) is 57.2 Å². The van der Waals surface area contributed by atoms with Gasteiger partial charge in [-0.05, 0) is 62.2 Å². The van der Waals surface area contributed by atoms with Crippen LogP contribution in [0.1, 0.15) is 37.6 Å². The minimum absolute atomic E-state index is 0.358. The quantitative estimate of drug-likeness (QED) is 0.523. The number of anilines is 1. The summed E-state index contributed by atoms with van der Waals surface area (Å²) in [6.45, 7) is 6.41. The SMILES string of the molecule is CN(CCCOc1cc2cc(N(C)C)ccc2cc1C=O)C(=O)OC(C)(C)C. The van der Waals surface area contributed by atoms with Crippen molar-refractivity contribution in [1.29, 1.82) is 0 Å². The van der Waals surface area contributed by atoms with Crippen molar-refractivity contribution >= 4 is 28.8 Å². The summed E-state index contributed by atoms with van der Waals surface area (Å²) >= 11 is 0. The molecule has 6 nitrogen and oxygen atoms in total. The lowest BCUT2D eigenvalue weighted by atomic mass is 10.1. The third kappa shape index (κ3) is 5.87. The minimum atomic E-state index is -0.517. The van der Waals surface area contributed by atoms with Gasteiger partial charge < -0.3 is 19.3 Å². The Kier molecular flexibility index (Phi) is 6.89. The van der Waals surface area contributed by atoms with Crippen molar-refractivity contribution in [2.45, 2.75) is 32.8 Å². The highest BCUT2D eigenvalue weighted by Crippen LogP contribution is 2.28. The molecule has 0 bridgehead atoms. The first-order valence-corrected chi connectivity index (χ1v) is 9.38. The van der Waals surface area contributed by atoms with E-state index in [4.69, 9.17) is 9.47 Å². The van der Waals surface area contributed by atoms with Gasteiger partial charge in [0.15, 0.2) is 6.29 Å². The van der Waals surface area contributed by atoms with Crippen LogP contribution >= 0.6 is 0 Å². The van der Waals surface area contributed by atoms with Crippen molar-refractivity contribution < 1.29 is 19.1 Å². The Bertz CT molecular complexity index is 840. The fraction of sp³-hybridized carbons (Fsp3) is 0.455. The zero-order valence-corrected chi connectivity index (χ0v) is 17.6. The van der Waals surface area contributed by atoms with Crippen LogP contribution in [0.3, 0.4) is 0 Å². The number of amides is 1. The Morgan fingerprint density at radius 2 is 1.79 bits per heavy atom. The number of benzene rings is 2. The van der Waals surface area contributed by atoms with E-state index in [1.807, 2.05) is 64.0 Å². The number of rotatable bonds is 7. The molecule has 0 aliphatic carbocycles. The molecule has 6 heteroatoms. The molecule has 0 atom stereocenters. The summed E-state index contributed by atoms with van der Waals surface area (Å²) in [6, 6.07) is 9.81. The molecule has 0 heterocycles. The van der Waals surface area contributed by atoms with Gasteiger partial charge in [-0.3, -0.25) is 4.79 Å². The summed E-state index contributed by atoms with van der Waals surface area (Å²) < 4.78 is 11.2. The predicted molar refractivity (Wildman–Crippen MR) is 113 cm³/mol. The van der Waals surface area contributed by atoms with Gasteiger partial charge in [0.1, 0.15) is 11.4 Å². The fourth-order valence-corrected chi connectivity index (χ4v) is 2.69. The van der Waals surface area contributed by atoms with Crippen LogP contribution in [-0.2, 0) is 4.74 Å². The van der Waals surface area contributed by atoms with Crippen LogP contribution in [0.4, 0.5) is 10.5 Å². The molecule has 1 amide bonds. The molecule has 0 N–H and O–H groups in total. The second-order valence-corrected chi connectivity index (χ2v) is 8.04. The molecule has 0 aromatic heterocycles. The Balaban J connectivity index is 2.01. The lowest BCUT2D eigenvalue weighted by molar-refractivity contribution is 0.0292. The van der Waals surface area contributed by atoms with Crippen molar-refractivity contribution in [3.05, 3.63) is 35.9 Å². The molecule has 0 spiro atoms. The normalized spacial score (nSPS) is 11.2. The average Bonchev–Trinajstić information content (AvgIpc) is 2.62. The first-order chi connectivity index (χ1) is 13.1. The molecule has 0 saturated carbocycles. The second-order valence-electron chi connectivity index (χ2n) is 8.04. The highest BCUT2D eigenvalue weighted by atomic mass is 16.6. The van der Waals surface area contributed by atoms with Crippen LogP contribution in [0, 0.1) is 0 Å². The zero-order valence-electron chi connectivity index (χ0n) is 17.6. The van der Waals surface area contributed by atoms with Crippen molar-refractivity contribution in [1.82, 2.24) is 4.90 Å². The Hall–Kier alpha value is -2.76. The molecular weight excluding hydrogens is 356 g/mol. The first-order valence-electron chi connectivity index (χ1n) is 9.38. The Labute approximate surface area is 167 Å². The number of aldehydes is 1. The van der Waals surface area contributed by atoms with Gasteiger partial charge in [-0.2, -0.15) is 0 Å². The highest BCUT2D eigenvalue weighted by molar-refractivity contribution is 5.93. The molecule has 2 aromatic carbocycles. The monoisotopic (exact) mass is 386 g/mol. The summed E-state index contributed by atoms with van der Waals surface area (Å²) in [7, 11) is 5.67. The van der Waals surface area contributed by atoms with Gasteiger partial charge in [0.2, 0.25) is 0 Å². The van der Waals surface area contributed by atoms with E-state index in [0.717, 1.165) is 22.7 Å². The molecule has 28 heavy (non-hydrogen) atoms. The van der Waals surface area contributed by atoms with Gasteiger partial charge >= 0.3 is 6.09 Å². The average molecular weight is 386 g/mol. The summed E-state index contributed by atoms with van der Waals surface area (Å²) in [4.78, 5) is 27.0. The third-order valence-corrected chi connectivity index (χ3v) is 4.20. The van der Waals surface area contributed by atoms with Crippen LogP contribution in [0.25, 0.3) is 10.8 Å². The van der Waals surface area contributed by atoms with Crippen LogP contribution < -0.4 is 9.64 Å². The Morgan fingerprint density at radius 3 is 2.39 bits per heavy atom. The molecule has 0 aliphatic rings. The van der Waals surface area contributed by atoms with E-state index in [1.165, 1.54) is 4.90 Å². The van der Waals surface area contributed by atoms with E-state index in [1.54, 1.807) is 7.05 Å². The van der Waals surface area contributed by atoms with Crippen LogP contribution in [0.15, 0.2) is 30.3 Å². The summed E-state index contributed by atoms with van der Waals surface area (Å²) in [5.41, 5.74) is 1.08. The molecular formula is C22H30N2O4. The van der Waals surface area contributed by atoms with E-state index < -0.39 is 5.60 Å². The number of hydrogen-bond acceptors (Lipinski definition) is 5. The number of carbonyl (C=O) groups excluding carboxylic acids is 2. The van der Waals surface area contributed by atoms with Gasteiger partial charge in [-0.25, -0.2) is 4.79 Å². The molecule has 2 rings (SSSR count). The lowest BCUT2D eigenvalue weighted by Gasteiger charge is -2.24. The van der Waals surface area contributed by atoms with Gasteiger partial charge in [-0.1, -0.05) is 6.07 Å². The van der Waals surface area contributed by atoms with Gasteiger partial charge in [0.25, 0.3) is 0 Å². The maximum atomic E-state index is 12.0. The number of fused-ring (bicyclic) bond motifs is 1. The Morgan fingerprint density at radius 1 is 1.07 bits per heavy atom. The van der Waals surface area contributed by atoms with Crippen molar-refractivity contribution in [2.24, 2.45) is 0 Å². The van der Waals surface area contributed by atoms with Crippen molar-refractivity contribution in [2.75, 3.05) is 39.2 Å². The lowest BCUT2D eigenvalue weighted by Crippen LogP contribution is -2.35. The smallest absolute Gasteiger partial charge is 0.410 e. The van der Waals surface area contributed by atoms with E-state index in [-0.39, 0.29) is 6.09 Å². The number of carbonyl (C=O) groups is 2. The molecule has 0 radical (unpaired) electrons. The molecule has 2 aromatic rings. The minimum Gasteiger partial charge on any atom is -0.493 e.